The van der Waals surface area contributed by atoms with E-state index >= 15 is 0 Å². The van der Waals surface area contributed by atoms with Gasteiger partial charge in [-0.15, -0.1) is 0 Å². The van der Waals surface area contributed by atoms with E-state index in [-0.39, 0.29) is 12.5 Å². The van der Waals surface area contributed by atoms with Crippen LogP contribution in [0.5, 0.6) is 0 Å². The van der Waals surface area contributed by atoms with E-state index in [0.717, 1.165) is 0 Å². The van der Waals surface area contributed by atoms with Crippen LogP contribution in [0, 0.1) is 23.3 Å². The Morgan fingerprint density at radius 3 is 1.93 bits per heavy atom. The molecule has 0 saturated carbocycles. The molecule has 0 aliphatic rings. The largest absolute Gasteiger partial charge is 0.330 e. The number of nitrogens with two attached hydrogens (primary N) is 1. The Morgan fingerprint density at radius 2 is 1.47 bits per heavy atom. The molecular weight excluding hydrogens is 210 g/mol. The summed E-state index contributed by atoms with van der Waals surface area (Å²) in [7, 11) is 0. The van der Waals surface area contributed by atoms with Gasteiger partial charge in [0, 0.05) is 11.6 Å². The zero-order valence-corrected chi connectivity index (χ0v) is 7.99. The number of benzene rings is 1. The second kappa shape index (κ2) is 5.11. The summed E-state index contributed by atoms with van der Waals surface area (Å²) in [6, 6.07) is 0.205. The number of halogens is 4. The molecular formula is C10H11F4N. The fourth-order valence-electron chi connectivity index (χ4n) is 1.29. The minimum atomic E-state index is -1.36. The van der Waals surface area contributed by atoms with Gasteiger partial charge in [-0.2, -0.15) is 0 Å². The minimum absolute atomic E-state index is 0.0520. The third-order valence-electron chi connectivity index (χ3n) is 2.08. The Kier molecular flexibility index (Phi) is 4.08. The molecule has 0 saturated heterocycles. The van der Waals surface area contributed by atoms with E-state index in [0.29, 0.717) is 19.4 Å². The molecule has 2 N–H and O–H groups in total. The molecule has 1 aromatic carbocycles. The van der Waals surface area contributed by atoms with Gasteiger partial charge < -0.3 is 5.73 Å². The monoisotopic (exact) mass is 221 g/mol. The lowest BCUT2D eigenvalue weighted by Crippen LogP contribution is -2.05. The predicted octanol–water partition coefficient (Wildman–Crippen LogP) is 2.52. The molecule has 1 rings (SSSR count). The Hall–Kier alpha value is -1.10. The van der Waals surface area contributed by atoms with E-state index < -0.39 is 28.8 Å². The van der Waals surface area contributed by atoms with Crippen molar-refractivity contribution in [3.05, 3.63) is 34.9 Å². The molecule has 0 spiro atoms. The van der Waals surface area contributed by atoms with Crippen LogP contribution in [0.15, 0.2) is 6.07 Å². The highest BCUT2D eigenvalue weighted by molar-refractivity contribution is 5.22. The highest BCUT2D eigenvalue weighted by Gasteiger charge is 2.18. The zero-order chi connectivity index (χ0) is 11.4. The topological polar surface area (TPSA) is 26.0 Å². The number of unbranched alkanes of at least 4 members (excludes halogenated alkanes) is 1. The summed E-state index contributed by atoms with van der Waals surface area (Å²) in [5.41, 5.74) is 4.65. The SMILES string of the molecule is NCCCCc1c(F)c(F)cc(F)c1F. The van der Waals surface area contributed by atoms with Gasteiger partial charge in [0.25, 0.3) is 0 Å². The maximum atomic E-state index is 13.1. The van der Waals surface area contributed by atoms with Crippen LogP contribution < -0.4 is 5.73 Å². The van der Waals surface area contributed by atoms with Crippen molar-refractivity contribution in [2.24, 2.45) is 5.73 Å². The van der Waals surface area contributed by atoms with Crippen molar-refractivity contribution in [3.63, 3.8) is 0 Å². The quantitative estimate of drug-likeness (QED) is 0.472. The zero-order valence-electron chi connectivity index (χ0n) is 7.99. The van der Waals surface area contributed by atoms with E-state index in [9.17, 15) is 17.6 Å². The molecule has 0 radical (unpaired) electrons. The van der Waals surface area contributed by atoms with E-state index in [1.807, 2.05) is 0 Å². The first-order valence-electron chi connectivity index (χ1n) is 4.60. The van der Waals surface area contributed by atoms with Crippen molar-refractivity contribution in [2.75, 3.05) is 6.54 Å². The first-order chi connectivity index (χ1) is 7.07. The summed E-state index contributed by atoms with van der Waals surface area (Å²) in [5.74, 6) is -5.36. The van der Waals surface area contributed by atoms with Gasteiger partial charge in [-0.1, -0.05) is 0 Å². The number of rotatable bonds is 4. The Labute approximate surface area is 84.9 Å². The summed E-state index contributed by atoms with van der Waals surface area (Å²) in [5, 5.41) is 0. The maximum absolute atomic E-state index is 13.1. The molecule has 0 unspecified atom stereocenters. The molecule has 5 heteroatoms. The lowest BCUT2D eigenvalue weighted by atomic mass is 10.1. The van der Waals surface area contributed by atoms with Crippen molar-refractivity contribution >= 4 is 0 Å². The Balaban J connectivity index is 2.94. The predicted molar refractivity (Wildman–Crippen MR) is 48.3 cm³/mol. The van der Waals surface area contributed by atoms with E-state index in [1.54, 1.807) is 0 Å². The molecule has 0 aliphatic heterocycles. The van der Waals surface area contributed by atoms with Crippen molar-refractivity contribution in [2.45, 2.75) is 19.3 Å². The summed E-state index contributed by atoms with van der Waals surface area (Å²) >= 11 is 0. The van der Waals surface area contributed by atoms with Gasteiger partial charge in [0.15, 0.2) is 23.3 Å². The van der Waals surface area contributed by atoms with Gasteiger partial charge in [0.1, 0.15) is 0 Å². The standard InChI is InChI=1S/C10H11F4N/c11-7-5-8(12)10(14)6(9(7)13)3-1-2-4-15/h5H,1-4,15H2. The van der Waals surface area contributed by atoms with Crippen LogP contribution in [0.25, 0.3) is 0 Å². The first kappa shape index (κ1) is 12.0. The highest BCUT2D eigenvalue weighted by atomic mass is 19.2. The lowest BCUT2D eigenvalue weighted by molar-refractivity contribution is 0.436. The van der Waals surface area contributed by atoms with E-state index in [2.05, 4.69) is 0 Å². The molecule has 0 heterocycles. The van der Waals surface area contributed by atoms with Gasteiger partial charge in [-0.05, 0) is 25.8 Å². The maximum Gasteiger partial charge on any atom is 0.165 e. The van der Waals surface area contributed by atoms with Crippen LogP contribution in [0.2, 0.25) is 0 Å². The summed E-state index contributed by atoms with van der Waals surface area (Å²) < 4.78 is 51.6. The van der Waals surface area contributed by atoms with Gasteiger partial charge >= 0.3 is 0 Å². The molecule has 84 valence electrons. The summed E-state index contributed by atoms with van der Waals surface area (Å²) in [6.45, 7) is 0.376. The van der Waals surface area contributed by atoms with Crippen LogP contribution in [0.3, 0.4) is 0 Å². The van der Waals surface area contributed by atoms with Gasteiger partial charge in [0.05, 0.1) is 0 Å². The molecule has 0 bridgehead atoms. The van der Waals surface area contributed by atoms with Gasteiger partial charge in [0.2, 0.25) is 0 Å². The summed E-state index contributed by atoms with van der Waals surface area (Å²) in [6.07, 6.45) is 0.897. The Morgan fingerprint density at radius 1 is 0.933 bits per heavy atom. The van der Waals surface area contributed by atoms with Gasteiger partial charge in [-0.3, -0.25) is 0 Å². The average Bonchev–Trinajstić information content (AvgIpc) is 2.20. The molecule has 0 amide bonds. The molecule has 0 atom stereocenters. The van der Waals surface area contributed by atoms with Crippen LogP contribution in [-0.2, 0) is 6.42 Å². The van der Waals surface area contributed by atoms with Crippen molar-refractivity contribution < 1.29 is 17.6 Å². The average molecular weight is 221 g/mol. The molecule has 1 nitrogen and oxygen atoms in total. The van der Waals surface area contributed by atoms with Crippen LogP contribution in [-0.4, -0.2) is 6.54 Å². The Bertz CT molecular complexity index is 326. The van der Waals surface area contributed by atoms with Crippen LogP contribution in [0.4, 0.5) is 17.6 Å². The van der Waals surface area contributed by atoms with Crippen molar-refractivity contribution in [1.82, 2.24) is 0 Å². The third kappa shape index (κ3) is 2.68. The normalized spacial score (nSPS) is 10.7. The van der Waals surface area contributed by atoms with E-state index in [4.69, 9.17) is 5.73 Å². The molecule has 0 aromatic heterocycles. The molecule has 15 heavy (non-hydrogen) atoms. The molecule has 1 aromatic rings. The molecule has 0 fully saturated rings. The molecule has 0 aliphatic carbocycles. The van der Waals surface area contributed by atoms with E-state index in [1.165, 1.54) is 0 Å². The smallest absolute Gasteiger partial charge is 0.165 e. The second-order valence-corrected chi connectivity index (χ2v) is 3.19. The van der Waals surface area contributed by atoms with Crippen LogP contribution >= 0.6 is 0 Å². The lowest BCUT2D eigenvalue weighted by Gasteiger charge is -2.06. The number of hydrogen-bond donors (Lipinski definition) is 1. The summed E-state index contributed by atoms with van der Waals surface area (Å²) in [4.78, 5) is 0. The fraction of sp³-hybridized carbons (Fsp3) is 0.400. The third-order valence-corrected chi connectivity index (χ3v) is 2.08. The van der Waals surface area contributed by atoms with Crippen molar-refractivity contribution in [1.29, 1.82) is 0 Å². The number of hydrogen-bond acceptors (Lipinski definition) is 1. The van der Waals surface area contributed by atoms with Crippen LogP contribution in [0.1, 0.15) is 18.4 Å². The second-order valence-electron chi connectivity index (χ2n) is 3.19. The highest BCUT2D eigenvalue weighted by Crippen LogP contribution is 2.20. The first-order valence-corrected chi connectivity index (χ1v) is 4.60. The minimum Gasteiger partial charge on any atom is -0.330 e. The van der Waals surface area contributed by atoms with Gasteiger partial charge in [-0.25, -0.2) is 17.6 Å². The van der Waals surface area contributed by atoms with Crippen molar-refractivity contribution in [3.8, 4) is 0 Å². The fourth-order valence-corrected chi connectivity index (χ4v) is 1.29.